The van der Waals surface area contributed by atoms with E-state index in [0.29, 0.717) is 0 Å². The molecule has 0 saturated heterocycles. The second-order valence-corrected chi connectivity index (χ2v) is 3.28. The summed E-state index contributed by atoms with van der Waals surface area (Å²) in [6.07, 6.45) is 5.69. The molecule has 1 fully saturated rings. The van der Waals surface area contributed by atoms with Crippen LogP contribution in [-0.4, -0.2) is 13.6 Å². The van der Waals surface area contributed by atoms with E-state index in [4.69, 9.17) is 0 Å². The van der Waals surface area contributed by atoms with Gasteiger partial charge in [-0.05, 0) is 31.7 Å². The Bertz CT molecular complexity index is 76.6. The molecule has 0 bridgehead atoms. The Morgan fingerprint density at radius 3 is 2.44 bits per heavy atom. The monoisotopic (exact) mass is 127 g/mol. The first kappa shape index (κ1) is 7.07. The van der Waals surface area contributed by atoms with Gasteiger partial charge in [0, 0.05) is 6.54 Å². The second-order valence-electron chi connectivity index (χ2n) is 3.28. The lowest BCUT2D eigenvalue weighted by molar-refractivity contribution is 0.438. The van der Waals surface area contributed by atoms with Crippen molar-refractivity contribution in [1.29, 1.82) is 0 Å². The van der Waals surface area contributed by atoms with Crippen LogP contribution in [0.4, 0.5) is 0 Å². The highest BCUT2D eigenvalue weighted by Crippen LogP contribution is 2.48. The van der Waals surface area contributed by atoms with Gasteiger partial charge in [-0.15, -0.1) is 0 Å². The Morgan fingerprint density at radius 1 is 1.44 bits per heavy atom. The van der Waals surface area contributed by atoms with Crippen molar-refractivity contribution < 1.29 is 0 Å². The van der Waals surface area contributed by atoms with Crippen LogP contribution in [0.1, 0.15) is 32.6 Å². The van der Waals surface area contributed by atoms with Gasteiger partial charge in [0.2, 0.25) is 0 Å². The van der Waals surface area contributed by atoms with E-state index >= 15 is 0 Å². The lowest BCUT2D eigenvalue weighted by atomic mass is 10.0. The molecule has 1 heteroatoms. The molecule has 1 aliphatic rings. The first-order valence-electron chi connectivity index (χ1n) is 3.97. The topological polar surface area (TPSA) is 12.0 Å². The Balaban J connectivity index is 2.17. The summed E-state index contributed by atoms with van der Waals surface area (Å²) in [6, 6.07) is 0. The summed E-state index contributed by atoms with van der Waals surface area (Å²) in [7, 11) is 2.05. The van der Waals surface area contributed by atoms with Crippen molar-refractivity contribution in [3.8, 4) is 0 Å². The van der Waals surface area contributed by atoms with Crippen LogP contribution in [0.25, 0.3) is 0 Å². The molecule has 0 aromatic heterocycles. The molecule has 0 atom stereocenters. The molecule has 0 spiro atoms. The van der Waals surface area contributed by atoms with Crippen molar-refractivity contribution in [2.75, 3.05) is 13.6 Å². The highest BCUT2D eigenvalue weighted by Gasteiger charge is 2.40. The van der Waals surface area contributed by atoms with Gasteiger partial charge in [-0.1, -0.05) is 13.3 Å². The zero-order valence-corrected chi connectivity index (χ0v) is 6.54. The van der Waals surface area contributed by atoms with Crippen molar-refractivity contribution in [2.45, 2.75) is 32.6 Å². The highest BCUT2D eigenvalue weighted by molar-refractivity contribution is 4.93. The number of hydrogen-bond acceptors (Lipinski definition) is 1. The summed E-state index contributed by atoms with van der Waals surface area (Å²) in [5.74, 6) is 0. The average Bonchev–Trinajstić information content (AvgIpc) is 2.51. The van der Waals surface area contributed by atoms with E-state index in [0.717, 1.165) is 5.41 Å². The van der Waals surface area contributed by atoms with Crippen LogP contribution in [-0.2, 0) is 0 Å². The van der Waals surface area contributed by atoms with Gasteiger partial charge in [0.1, 0.15) is 0 Å². The molecule has 0 amide bonds. The molecular formula is C8H17N. The van der Waals surface area contributed by atoms with Gasteiger partial charge in [-0.2, -0.15) is 0 Å². The van der Waals surface area contributed by atoms with Crippen LogP contribution in [0.3, 0.4) is 0 Å². The Kier molecular flexibility index (Phi) is 2.12. The Hall–Kier alpha value is -0.0400. The molecule has 0 radical (unpaired) electrons. The van der Waals surface area contributed by atoms with E-state index in [1.807, 2.05) is 0 Å². The van der Waals surface area contributed by atoms with Gasteiger partial charge in [0.25, 0.3) is 0 Å². The average molecular weight is 127 g/mol. The van der Waals surface area contributed by atoms with Gasteiger partial charge in [-0.25, -0.2) is 0 Å². The first-order valence-corrected chi connectivity index (χ1v) is 3.97. The highest BCUT2D eigenvalue weighted by atomic mass is 14.8. The predicted molar refractivity (Wildman–Crippen MR) is 40.5 cm³/mol. The van der Waals surface area contributed by atoms with Crippen molar-refractivity contribution in [1.82, 2.24) is 5.32 Å². The number of hydrogen-bond donors (Lipinski definition) is 1. The van der Waals surface area contributed by atoms with Crippen LogP contribution >= 0.6 is 0 Å². The predicted octanol–water partition coefficient (Wildman–Crippen LogP) is 1.79. The zero-order chi connectivity index (χ0) is 6.74. The Morgan fingerprint density at radius 2 is 2.11 bits per heavy atom. The minimum Gasteiger partial charge on any atom is -0.319 e. The van der Waals surface area contributed by atoms with E-state index in [1.165, 1.54) is 32.2 Å². The third-order valence-electron chi connectivity index (χ3n) is 2.29. The molecule has 0 aromatic rings. The summed E-state index contributed by atoms with van der Waals surface area (Å²) < 4.78 is 0. The minimum absolute atomic E-state index is 0.740. The maximum atomic E-state index is 3.26. The molecule has 1 nitrogen and oxygen atoms in total. The Labute approximate surface area is 57.8 Å². The summed E-state index contributed by atoms with van der Waals surface area (Å²) in [5.41, 5.74) is 0.740. The van der Waals surface area contributed by atoms with Crippen LogP contribution in [0.15, 0.2) is 0 Å². The molecule has 0 aromatic carbocycles. The molecule has 1 aliphatic carbocycles. The molecule has 1 rings (SSSR count). The quantitative estimate of drug-likeness (QED) is 0.607. The van der Waals surface area contributed by atoms with E-state index in [9.17, 15) is 0 Å². The fraction of sp³-hybridized carbons (Fsp3) is 1.00. The lowest BCUT2D eigenvalue weighted by Gasteiger charge is -2.11. The third-order valence-corrected chi connectivity index (χ3v) is 2.29. The molecule has 0 unspecified atom stereocenters. The SMILES string of the molecule is CCCC1(CNC)CC1. The van der Waals surface area contributed by atoms with Crippen molar-refractivity contribution in [2.24, 2.45) is 5.41 Å². The molecule has 1 N–H and O–H groups in total. The standard InChI is InChI=1S/C8H17N/c1-3-4-8(5-6-8)7-9-2/h9H,3-7H2,1-2H3. The third kappa shape index (κ3) is 1.68. The van der Waals surface area contributed by atoms with Gasteiger partial charge >= 0.3 is 0 Å². The van der Waals surface area contributed by atoms with Crippen LogP contribution in [0.5, 0.6) is 0 Å². The van der Waals surface area contributed by atoms with E-state index in [2.05, 4.69) is 19.3 Å². The minimum atomic E-state index is 0.740. The van der Waals surface area contributed by atoms with Gasteiger partial charge in [0.15, 0.2) is 0 Å². The maximum absolute atomic E-state index is 3.26. The summed E-state index contributed by atoms with van der Waals surface area (Å²) in [4.78, 5) is 0. The first-order chi connectivity index (χ1) is 4.33. The number of rotatable bonds is 4. The smallest absolute Gasteiger partial charge is 0.000481 e. The van der Waals surface area contributed by atoms with E-state index in [1.54, 1.807) is 0 Å². The van der Waals surface area contributed by atoms with Gasteiger partial charge in [-0.3, -0.25) is 0 Å². The van der Waals surface area contributed by atoms with Crippen LogP contribution in [0, 0.1) is 5.41 Å². The fourth-order valence-corrected chi connectivity index (χ4v) is 1.60. The molecular weight excluding hydrogens is 110 g/mol. The van der Waals surface area contributed by atoms with Crippen molar-refractivity contribution in [3.05, 3.63) is 0 Å². The molecule has 9 heavy (non-hydrogen) atoms. The number of nitrogens with one attached hydrogen (secondary N) is 1. The fourth-order valence-electron chi connectivity index (χ4n) is 1.60. The lowest BCUT2D eigenvalue weighted by Crippen LogP contribution is -2.19. The van der Waals surface area contributed by atoms with Crippen molar-refractivity contribution >= 4 is 0 Å². The second kappa shape index (κ2) is 2.70. The van der Waals surface area contributed by atoms with Gasteiger partial charge in [0.05, 0.1) is 0 Å². The molecule has 1 saturated carbocycles. The van der Waals surface area contributed by atoms with Crippen LogP contribution in [0.2, 0.25) is 0 Å². The summed E-state index contributed by atoms with van der Waals surface area (Å²) in [5, 5.41) is 3.26. The zero-order valence-electron chi connectivity index (χ0n) is 6.54. The summed E-state index contributed by atoms with van der Waals surface area (Å²) >= 11 is 0. The molecule has 54 valence electrons. The van der Waals surface area contributed by atoms with E-state index < -0.39 is 0 Å². The molecule has 0 aliphatic heterocycles. The molecule has 0 heterocycles. The van der Waals surface area contributed by atoms with E-state index in [-0.39, 0.29) is 0 Å². The normalized spacial score (nSPS) is 22.0. The maximum Gasteiger partial charge on any atom is 0.000481 e. The largest absolute Gasteiger partial charge is 0.319 e. The van der Waals surface area contributed by atoms with Crippen molar-refractivity contribution in [3.63, 3.8) is 0 Å². The van der Waals surface area contributed by atoms with Gasteiger partial charge < -0.3 is 5.32 Å². The van der Waals surface area contributed by atoms with Crippen LogP contribution < -0.4 is 5.32 Å². The summed E-state index contributed by atoms with van der Waals surface area (Å²) in [6.45, 7) is 3.51.